The van der Waals surface area contributed by atoms with Gasteiger partial charge in [-0.3, -0.25) is 4.79 Å². The predicted molar refractivity (Wildman–Crippen MR) is 89.8 cm³/mol. The van der Waals surface area contributed by atoms with Crippen LogP contribution >= 0.6 is 0 Å². The largest absolute Gasteiger partial charge is 0.493 e. The Morgan fingerprint density at radius 1 is 1.25 bits per heavy atom. The van der Waals surface area contributed by atoms with Crippen molar-refractivity contribution in [2.24, 2.45) is 0 Å². The van der Waals surface area contributed by atoms with Crippen molar-refractivity contribution in [1.82, 2.24) is 9.97 Å². The molecule has 0 unspecified atom stereocenters. The van der Waals surface area contributed by atoms with Crippen LogP contribution in [0.5, 0.6) is 11.5 Å². The van der Waals surface area contributed by atoms with Gasteiger partial charge in [-0.05, 0) is 12.5 Å². The topological polar surface area (TPSA) is 84.8 Å². The van der Waals surface area contributed by atoms with E-state index >= 15 is 0 Å². The highest BCUT2D eigenvalue weighted by molar-refractivity contribution is 5.92. The lowest BCUT2D eigenvalue weighted by molar-refractivity contribution is -0.136. The van der Waals surface area contributed by atoms with Crippen LogP contribution in [0.3, 0.4) is 0 Å². The molecule has 2 aromatic rings. The summed E-state index contributed by atoms with van der Waals surface area (Å²) in [6.45, 7) is 1.35. The molecule has 7 heteroatoms. The fourth-order valence-corrected chi connectivity index (χ4v) is 2.88. The minimum Gasteiger partial charge on any atom is -0.493 e. The van der Waals surface area contributed by atoms with Crippen LogP contribution in [0.25, 0.3) is 10.9 Å². The number of carboxylic acid groups (broad SMARTS) is 1. The Labute approximate surface area is 139 Å². The van der Waals surface area contributed by atoms with Gasteiger partial charge < -0.3 is 19.5 Å². The van der Waals surface area contributed by atoms with Crippen molar-refractivity contribution in [2.45, 2.75) is 12.8 Å². The van der Waals surface area contributed by atoms with Crippen molar-refractivity contribution in [3.63, 3.8) is 0 Å². The molecular formula is C17H19N3O4. The number of hydrogen-bond acceptors (Lipinski definition) is 6. The van der Waals surface area contributed by atoms with Gasteiger partial charge in [-0.25, -0.2) is 9.97 Å². The number of anilines is 1. The number of aromatic nitrogens is 2. The molecule has 7 nitrogen and oxygen atoms in total. The zero-order valence-corrected chi connectivity index (χ0v) is 13.7. The number of hydrogen-bond donors (Lipinski definition) is 1. The highest BCUT2D eigenvalue weighted by Crippen LogP contribution is 2.35. The Balaban J connectivity index is 1.95. The smallest absolute Gasteiger partial charge is 0.307 e. The van der Waals surface area contributed by atoms with Gasteiger partial charge in [-0.2, -0.15) is 0 Å². The molecular weight excluding hydrogens is 310 g/mol. The number of methoxy groups -OCH3 is 2. The minimum atomic E-state index is -0.793. The third-order valence-electron chi connectivity index (χ3n) is 4.10. The predicted octanol–water partition coefficient (Wildman–Crippen LogP) is 2.26. The number of nitrogens with zero attached hydrogens (tertiary/aromatic N) is 3. The van der Waals surface area contributed by atoms with Gasteiger partial charge in [-0.1, -0.05) is 11.6 Å². The number of carbonyl (C=O) groups is 1. The van der Waals surface area contributed by atoms with Gasteiger partial charge >= 0.3 is 5.97 Å². The maximum atomic E-state index is 10.8. The highest BCUT2D eigenvalue weighted by Gasteiger charge is 2.19. The van der Waals surface area contributed by atoms with E-state index in [9.17, 15) is 4.79 Å². The summed E-state index contributed by atoms with van der Waals surface area (Å²) in [5, 5.41) is 9.78. The first kappa shape index (κ1) is 16.0. The van der Waals surface area contributed by atoms with E-state index in [0.29, 0.717) is 24.5 Å². The normalized spacial score (nSPS) is 14.4. The van der Waals surface area contributed by atoms with Crippen molar-refractivity contribution >= 4 is 22.7 Å². The molecule has 0 spiro atoms. The van der Waals surface area contributed by atoms with Gasteiger partial charge in [0.1, 0.15) is 12.1 Å². The van der Waals surface area contributed by atoms with E-state index in [1.54, 1.807) is 14.2 Å². The molecule has 1 aromatic carbocycles. The number of carboxylic acids is 1. The summed E-state index contributed by atoms with van der Waals surface area (Å²) in [5.41, 5.74) is 1.73. The molecule has 24 heavy (non-hydrogen) atoms. The molecule has 1 aliphatic heterocycles. The van der Waals surface area contributed by atoms with Crippen molar-refractivity contribution in [2.75, 3.05) is 32.2 Å². The van der Waals surface area contributed by atoms with Crippen molar-refractivity contribution in [1.29, 1.82) is 0 Å². The molecule has 0 atom stereocenters. The summed E-state index contributed by atoms with van der Waals surface area (Å²) in [6, 6.07) is 3.70. The lowest BCUT2D eigenvalue weighted by atomic mass is 10.0. The number of ether oxygens (including phenoxy) is 2. The molecule has 3 rings (SSSR count). The van der Waals surface area contributed by atoms with Crippen LogP contribution in [-0.2, 0) is 4.79 Å². The van der Waals surface area contributed by atoms with Crippen LogP contribution in [0.15, 0.2) is 30.1 Å². The fourth-order valence-electron chi connectivity index (χ4n) is 2.88. The summed E-state index contributed by atoms with van der Waals surface area (Å²) >= 11 is 0. The Morgan fingerprint density at radius 2 is 2.00 bits per heavy atom. The highest BCUT2D eigenvalue weighted by atomic mass is 16.5. The third-order valence-corrected chi connectivity index (χ3v) is 4.10. The number of rotatable bonds is 5. The monoisotopic (exact) mass is 329 g/mol. The molecule has 0 saturated carbocycles. The Morgan fingerprint density at radius 3 is 2.62 bits per heavy atom. The summed E-state index contributed by atoms with van der Waals surface area (Å²) in [5.74, 6) is 1.27. The first-order valence-electron chi connectivity index (χ1n) is 7.63. The zero-order chi connectivity index (χ0) is 17.1. The molecule has 2 heterocycles. The number of benzene rings is 1. The Kier molecular flexibility index (Phi) is 4.50. The van der Waals surface area contributed by atoms with Crippen LogP contribution in [0.2, 0.25) is 0 Å². The van der Waals surface area contributed by atoms with E-state index in [1.165, 1.54) is 6.33 Å². The first-order chi connectivity index (χ1) is 11.6. The van der Waals surface area contributed by atoms with Crippen LogP contribution < -0.4 is 14.4 Å². The second-order valence-electron chi connectivity index (χ2n) is 5.55. The van der Waals surface area contributed by atoms with Gasteiger partial charge in [0.25, 0.3) is 0 Å². The van der Waals surface area contributed by atoms with Crippen LogP contribution in [0.4, 0.5) is 5.82 Å². The maximum Gasteiger partial charge on any atom is 0.307 e. The SMILES string of the molecule is COc1cc2ncnc(N3CC=C(CC(=O)O)CC3)c2cc1OC. The molecule has 1 aliphatic rings. The van der Waals surface area contributed by atoms with E-state index < -0.39 is 5.97 Å². The van der Waals surface area contributed by atoms with E-state index in [2.05, 4.69) is 14.9 Å². The average molecular weight is 329 g/mol. The van der Waals surface area contributed by atoms with Gasteiger partial charge in [0.15, 0.2) is 11.5 Å². The van der Waals surface area contributed by atoms with Crippen molar-refractivity contribution < 1.29 is 19.4 Å². The molecule has 1 aromatic heterocycles. The van der Waals surface area contributed by atoms with Crippen LogP contribution in [0.1, 0.15) is 12.8 Å². The van der Waals surface area contributed by atoms with Gasteiger partial charge in [0, 0.05) is 24.5 Å². The van der Waals surface area contributed by atoms with E-state index in [0.717, 1.165) is 28.8 Å². The van der Waals surface area contributed by atoms with E-state index in [-0.39, 0.29) is 6.42 Å². The van der Waals surface area contributed by atoms with Crippen LogP contribution in [0, 0.1) is 0 Å². The van der Waals surface area contributed by atoms with Gasteiger partial charge in [0.2, 0.25) is 0 Å². The zero-order valence-electron chi connectivity index (χ0n) is 13.7. The lowest BCUT2D eigenvalue weighted by Gasteiger charge is -2.28. The summed E-state index contributed by atoms with van der Waals surface area (Å²) < 4.78 is 10.7. The number of fused-ring (bicyclic) bond motifs is 1. The average Bonchev–Trinajstić information content (AvgIpc) is 2.60. The number of aliphatic carboxylic acids is 1. The lowest BCUT2D eigenvalue weighted by Crippen LogP contribution is -2.30. The third kappa shape index (κ3) is 3.10. The fraction of sp³-hybridized carbons (Fsp3) is 0.353. The molecule has 0 radical (unpaired) electrons. The maximum absolute atomic E-state index is 10.8. The van der Waals surface area contributed by atoms with Crippen LogP contribution in [-0.4, -0.2) is 48.4 Å². The first-order valence-corrected chi connectivity index (χ1v) is 7.63. The van der Waals surface area contributed by atoms with Gasteiger partial charge in [-0.15, -0.1) is 0 Å². The Bertz CT molecular complexity index is 804. The quantitative estimate of drug-likeness (QED) is 0.842. The standard InChI is InChI=1S/C17H19N3O4/c1-23-14-8-12-13(9-15(14)24-2)18-10-19-17(12)20-5-3-11(4-6-20)7-16(21)22/h3,8-10H,4-7H2,1-2H3,(H,21,22). The second-order valence-corrected chi connectivity index (χ2v) is 5.55. The molecule has 126 valence electrons. The molecule has 0 bridgehead atoms. The summed E-state index contributed by atoms with van der Waals surface area (Å²) in [7, 11) is 3.18. The molecule has 0 fully saturated rings. The van der Waals surface area contributed by atoms with Gasteiger partial charge in [0.05, 0.1) is 26.2 Å². The van der Waals surface area contributed by atoms with E-state index in [4.69, 9.17) is 14.6 Å². The molecule has 1 N–H and O–H groups in total. The Hall–Kier alpha value is -2.83. The minimum absolute atomic E-state index is 0.101. The second kappa shape index (κ2) is 6.74. The van der Waals surface area contributed by atoms with Crippen molar-refractivity contribution in [3.8, 4) is 11.5 Å². The van der Waals surface area contributed by atoms with E-state index in [1.807, 2.05) is 18.2 Å². The molecule has 0 amide bonds. The molecule has 0 aliphatic carbocycles. The molecule has 0 saturated heterocycles. The van der Waals surface area contributed by atoms with Crippen molar-refractivity contribution in [3.05, 3.63) is 30.1 Å². The summed E-state index contributed by atoms with van der Waals surface area (Å²) in [4.78, 5) is 21.7. The summed E-state index contributed by atoms with van der Waals surface area (Å²) in [6.07, 6.45) is 4.31.